The molecule has 0 aliphatic carbocycles. The molecule has 108 valence electrons. The fraction of sp³-hybridized carbons (Fsp3) is 0.833. The average Bonchev–Trinajstić information content (AvgIpc) is 2.39. The van der Waals surface area contributed by atoms with Crippen LogP contribution in [0.15, 0.2) is 0 Å². The van der Waals surface area contributed by atoms with Gasteiger partial charge in [0.05, 0.1) is 6.54 Å². The first-order valence-corrected chi connectivity index (χ1v) is 7.74. The van der Waals surface area contributed by atoms with E-state index in [1.807, 2.05) is 11.9 Å². The molecule has 7 heteroatoms. The highest BCUT2D eigenvalue weighted by Gasteiger charge is 2.31. The van der Waals surface area contributed by atoms with Gasteiger partial charge in [-0.05, 0) is 7.05 Å². The first-order valence-electron chi connectivity index (χ1n) is 6.59. The van der Waals surface area contributed by atoms with Gasteiger partial charge in [-0.1, -0.05) is 0 Å². The fourth-order valence-corrected chi connectivity index (χ4v) is 3.49. The van der Waals surface area contributed by atoms with Crippen LogP contribution in [-0.2, 0) is 9.59 Å². The zero-order valence-electron chi connectivity index (χ0n) is 11.2. The van der Waals surface area contributed by atoms with Gasteiger partial charge in [-0.15, -0.1) is 0 Å². The van der Waals surface area contributed by atoms with E-state index in [9.17, 15) is 14.7 Å². The van der Waals surface area contributed by atoms with Crippen LogP contribution in [0.5, 0.6) is 0 Å². The molecule has 2 aliphatic rings. The largest absolute Gasteiger partial charge is 0.480 e. The van der Waals surface area contributed by atoms with Gasteiger partial charge >= 0.3 is 5.97 Å². The van der Waals surface area contributed by atoms with E-state index in [1.54, 1.807) is 16.7 Å². The van der Waals surface area contributed by atoms with Crippen molar-refractivity contribution in [3.63, 3.8) is 0 Å². The molecule has 0 radical (unpaired) electrons. The van der Waals surface area contributed by atoms with Crippen LogP contribution in [0.2, 0.25) is 0 Å². The Bertz CT molecular complexity index is 345. The molecular formula is C12H21N3O3S. The number of carboxylic acids is 1. The second kappa shape index (κ2) is 6.58. The number of thioether (sulfide) groups is 1. The quantitative estimate of drug-likeness (QED) is 0.738. The Kier molecular flexibility index (Phi) is 5.06. The summed E-state index contributed by atoms with van der Waals surface area (Å²) in [6.07, 6.45) is 0. The smallest absolute Gasteiger partial charge is 0.321 e. The predicted molar refractivity (Wildman–Crippen MR) is 74.4 cm³/mol. The van der Waals surface area contributed by atoms with Crippen molar-refractivity contribution in [3.8, 4) is 0 Å². The number of carbonyl (C=O) groups is 2. The highest BCUT2D eigenvalue weighted by molar-refractivity contribution is 7.99. The number of aliphatic carboxylic acids is 1. The third kappa shape index (κ3) is 3.84. The van der Waals surface area contributed by atoms with Crippen LogP contribution in [0.4, 0.5) is 0 Å². The molecule has 0 aromatic carbocycles. The summed E-state index contributed by atoms with van der Waals surface area (Å²) in [6.45, 7) is 4.20. The predicted octanol–water partition coefficient (Wildman–Crippen LogP) is -0.738. The molecule has 1 N–H and O–H groups in total. The van der Waals surface area contributed by atoms with Gasteiger partial charge < -0.3 is 14.9 Å². The molecule has 2 rings (SSSR count). The summed E-state index contributed by atoms with van der Waals surface area (Å²) in [5, 5.41) is 9.18. The Hall–Kier alpha value is -0.790. The Balaban J connectivity index is 1.88. The van der Waals surface area contributed by atoms with Crippen LogP contribution in [0.3, 0.4) is 0 Å². The maximum absolute atomic E-state index is 12.2. The molecule has 0 saturated carbocycles. The lowest BCUT2D eigenvalue weighted by Gasteiger charge is -2.36. The molecule has 2 aliphatic heterocycles. The molecular weight excluding hydrogens is 266 g/mol. The zero-order chi connectivity index (χ0) is 13.8. The standard InChI is InChI=1S/C12H21N3O3S/c1-13-2-4-14(5-3-13)11(16)8-15-6-7-19-9-10(15)12(17)18/h10H,2-9H2,1H3,(H,17,18). The minimum atomic E-state index is -0.821. The molecule has 0 bridgehead atoms. The van der Waals surface area contributed by atoms with Gasteiger partial charge in [0.25, 0.3) is 0 Å². The average molecular weight is 287 g/mol. The number of nitrogens with zero attached hydrogens (tertiary/aromatic N) is 3. The highest BCUT2D eigenvalue weighted by atomic mass is 32.2. The van der Waals surface area contributed by atoms with Crippen LogP contribution < -0.4 is 0 Å². The Morgan fingerprint density at radius 1 is 1.21 bits per heavy atom. The van der Waals surface area contributed by atoms with Gasteiger partial charge in [0, 0.05) is 44.2 Å². The van der Waals surface area contributed by atoms with Crippen molar-refractivity contribution in [2.75, 3.05) is 57.8 Å². The van der Waals surface area contributed by atoms with Crippen LogP contribution >= 0.6 is 11.8 Å². The molecule has 2 fully saturated rings. The van der Waals surface area contributed by atoms with E-state index in [0.717, 1.165) is 31.9 Å². The Morgan fingerprint density at radius 2 is 1.89 bits per heavy atom. The first-order chi connectivity index (χ1) is 9.08. The van der Waals surface area contributed by atoms with E-state index >= 15 is 0 Å². The lowest BCUT2D eigenvalue weighted by atomic mass is 10.2. The number of rotatable bonds is 3. The summed E-state index contributed by atoms with van der Waals surface area (Å²) in [6, 6.07) is -0.518. The molecule has 0 aromatic heterocycles. The minimum Gasteiger partial charge on any atom is -0.480 e. The van der Waals surface area contributed by atoms with Crippen molar-refractivity contribution in [2.24, 2.45) is 0 Å². The SMILES string of the molecule is CN1CCN(C(=O)CN2CCSCC2C(=O)O)CC1. The lowest BCUT2D eigenvalue weighted by Crippen LogP contribution is -2.54. The van der Waals surface area contributed by atoms with Crippen molar-refractivity contribution in [1.82, 2.24) is 14.7 Å². The number of hydrogen-bond acceptors (Lipinski definition) is 5. The molecule has 0 spiro atoms. The van der Waals surface area contributed by atoms with Gasteiger partial charge in [0.15, 0.2) is 0 Å². The van der Waals surface area contributed by atoms with Gasteiger partial charge in [0.1, 0.15) is 6.04 Å². The van der Waals surface area contributed by atoms with Crippen molar-refractivity contribution < 1.29 is 14.7 Å². The summed E-state index contributed by atoms with van der Waals surface area (Å²) in [5.74, 6) is 0.718. The number of carbonyl (C=O) groups excluding carboxylic acids is 1. The lowest BCUT2D eigenvalue weighted by molar-refractivity contribution is -0.144. The van der Waals surface area contributed by atoms with Gasteiger partial charge in [-0.2, -0.15) is 11.8 Å². The first kappa shape index (κ1) is 14.6. The third-order valence-corrected chi connectivity index (χ3v) is 4.74. The highest BCUT2D eigenvalue weighted by Crippen LogP contribution is 2.16. The maximum Gasteiger partial charge on any atom is 0.321 e. The Labute approximate surface area is 117 Å². The molecule has 2 heterocycles. The second-order valence-corrected chi connectivity index (χ2v) is 6.23. The van der Waals surface area contributed by atoms with Gasteiger partial charge in [-0.25, -0.2) is 0 Å². The van der Waals surface area contributed by atoms with Gasteiger partial charge in [0.2, 0.25) is 5.91 Å². The number of amides is 1. The van der Waals surface area contributed by atoms with E-state index in [-0.39, 0.29) is 12.5 Å². The van der Waals surface area contributed by atoms with E-state index in [4.69, 9.17) is 0 Å². The minimum absolute atomic E-state index is 0.0613. The molecule has 2 saturated heterocycles. The van der Waals surface area contributed by atoms with Crippen molar-refractivity contribution in [1.29, 1.82) is 0 Å². The third-order valence-electron chi connectivity index (χ3n) is 3.72. The van der Waals surface area contributed by atoms with E-state index in [0.29, 0.717) is 12.3 Å². The van der Waals surface area contributed by atoms with Crippen molar-refractivity contribution >= 4 is 23.6 Å². The summed E-state index contributed by atoms with van der Waals surface area (Å²) in [7, 11) is 2.05. The number of carboxylic acid groups (broad SMARTS) is 1. The monoisotopic (exact) mass is 287 g/mol. The molecule has 0 aromatic rings. The number of piperazine rings is 1. The van der Waals surface area contributed by atoms with Crippen LogP contribution in [0.25, 0.3) is 0 Å². The van der Waals surface area contributed by atoms with Crippen molar-refractivity contribution in [3.05, 3.63) is 0 Å². The van der Waals surface area contributed by atoms with E-state index < -0.39 is 12.0 Å². The van der Waals surface area contributed by atoms with Crippen LogP contribution in [0.1, 0.15) is 0 Å². The number of likely N-dealkylation sites (N-methyl/N-ethyl adjacent to an activating group) is 1. The maximum atomic E-state index is 12.2. The summed E-state index contributed by atoms with van der Waals surface area (Å²) >= 11 is 1.64. The molecule has 19 heavy (non-hydrogen) atoms. The van der Waals surface area contributed by atoms with E-state index in [2.05, 4.69) is 4.90 Å². The summed E-state index contributed by atoms with van der Waals surface area (Å²) < 4.78 is 0. The van der Waals surface area contributed by atoms with Crippen molar-refractivity contribution in [2.45, 2.75) is 6.04 Å². The van der Waals surface area contributed by atoms with Crippen LogP contribution in [-0.4, -0.2) is 95.5 Å². The number of hydrogen-bond donors (Lipinski definition) is 1. The summed E-state index contributed by atoms with van der Waals surface area (Å²) in [5.41, 5.74) is 0. The van der Waals surface area contributed by atoms with Crippen LogP contribution in [0, 0.1) is 0 Å². The topological polar surface area (TPSA) is 64.1 Å². The normalized spacial score (nSPS) is 26.4. The molecule has 1 unspecified atom stereocenters. The Morgan fingerprint density at radius 3 is 2.53 bits per heavy atom. The van der Waals surface area contributed by atoms with E-state index in [1.165, 1.54) is 0 Å². The summed E-state index contributed by atoms with van der Waals surface area (Å²) in [4.78, 5) is 29.2. The second-order valence-electron chi connectivity index (χ2n) is 5.08. The fourth-order valence-electron chi connectivity index (χ4n) is 2.38. The van der Waals surface area contributed by atoms with Gasteiger partial charge in [-0.3, -0.25) is 14.5 Å². The molecule has 1 amide bonds. The molecule has 1 atom stereocenters. The zero-order valence-corrected chi connectivity index (χ0v) is 12.1. The molecule has 6 nitrogen and oxygen atoms in total.